The van der Waals surface area contributed by atoms with Gasteiger partial charge in [-0.05, 0) is 23.8 Å². The number of alkyl halides is 2. The highest BCUT2D eigenvalue weighted by atomic mass is 32.1. The fourth-order valence-electron chi connectivity index (χ4n) is 1.61. The third-order valence-corrected chi connectivity index (χ3v) is 3.51. The first-order valence-corrected chi connectivity index (χ1v) is 6.81. The van der Waals surface area contributed by atoms with Crippen LogP contribution in [0.15, 0.2) is 24.4 Å². The lowest BCUT2D eigenvalue weighted by molar-refractivity contribution is -0.0512. The Morgan fingerprint density at radius 1 is 1.36 bits per heavy atom. The number of rotatable bonds is 6. The summed E-state index contributed by atoms with van der Waals surface area (Å²) in [7, 11) is 1.35. The predicted octanol–water partition coefficient (Wildman–Crippen LogP) is 3.62. The highest BCUT2D eigenvalue weighted by Gasteiger charge is 2.10. The Kier molecular flexibility index (Phi) is 5.05. The number of ether oxygens (including phenoxy) is 2. The van der Waals surface area contributed by atoms with E-state index in [4.69, 9.17) is 9.84 Å². The van der Waals surface area contributed by atoms with Gasteiger partial charge in [-0.3, -0.25) is 0 Å². The van der Waals surface area contributed by atoms with E-state index in [1.807, 2.05) is 0 Å². The molecule has 116 valence electrons. The number of carbonyl (C=O) groups is 1. The van der Waals surface area contributed by atoms with Gasteiger partial charge in [-0.2, -0.15) is 8.78 Å². The van der Waals surface area contributed by atoms with E-state index in [0.717, 1.165) is 11.3 Å². The third kappa shape index (κ3) is 4.01. The molecule has 0 radical (unpaired) electrons. The molecule has 22 heavy (non-hydrogen) atoms. The quantitative estimate of drug-likeness (QED) is 0.877. The number of carboxylic acids is 1. The van der Waals surface area contributed by atoms with Crippen LogP contribution in [-0.2, 0) is 0 Å². The van der Waals surface area contributed by atoms with E-state index in [1.165, 1.54) is 25.4 Å². The Bertz CT molecular complexity index is 700. The summed E-state index contributed by atoms with van der Waals surface area (Å²) in [6.45, 7) is -2.93. The minimum Gasteiger partial charge on any atom is -0.493 e. The lowest BCUT2D eigenvalue weighted by Gasteiger charge is -2.10. The fourth-order valence-corrected chi connectivity index (χ4v) is 2.27. The zero-order chi connectivity index (χ0) is 16.1. The largest absolute Gasteiger partial charge is 0.493 e. The Labute approximate surface area is 128 Å². The zero-order valence-electron chi connectivity index (χ0n) is 11.3. The first-order valence-electron chi connectivity index (χ1n) is 5.99. The van der Waals surface area contributed by atoms with E-state index >= 15 is 0 Å². The molecule has 0 fully saturated rings. The van der Waals surface area contributed by atoms with Crippen molar-refractivity contribution in [2.75, 3.05) is 7.11 Å². The maximum absolute atomic E-state index is 12.2. The summed E-state index contributed by atoms with van der Waals surface area (Å²) in [6, 6.07) is 4.47. The van der Waals surface area contributed by atoms with Crippen LogP contribution in [0.4, 0.5) is 8.78 Å². The molecule has 8 heteroatoms. The number of benzene rings is 1. The van der Waals surface area contributed by atoms with E-state index < -0.39 is 12.6 Å². The van der Waals surface area contributed by atoms with Crippen LogP contribution in [0.1, 0.15) is 20.2 Å². The Balaban J connectivity index is 2.18. The lowest BCUT2D eigenvalue weighted by atomic mass is 10.2. The third-order valence-electron chi connectivity index (χ3n) is 2.56. The SMILES string of the molecule is COc1cc(/C=C\c2ncc(C(=O)O)s2)ccc1OC(F)F. The number of thiazole rings is 1. The standard InChI is InChI=1S/C14H11F2NO4S/c1-20-10-6-8(2-4-9(10)21-14(15)16)3-5-12-17-7-11(22-12)13(18)19/h2-7,14H,1H3,(H,18,19)/b5-3-. The molecule has 2 rings (SSSR count). The van der Waals surface area contributed by atoms with E-state index in [2.05, 4.69) is 9.72 Å². The maximum Gasteiger partial charge on any atom is 0.387 e. The minimum atomic E-state index is -2.93. The van der Waals surface area contributed by atoms with Gasteiger partial charge in [0.1, 0.15) is 9.88 Å². The van der Waals surface area contributed by atoms with Crippen molar-refractivity contribution in [2.45, 2.75) is 6.61 Å². The molecule has 0 aliphatic carbocycles. The molecule has 5 nitrogen and oxygen atoms in total. The average molecular weight is 327 g/mol. The molecule has 1 aromatic heterocycles. The summed E-state index contributed by atoms with van der Waals surface area (Å²) in [5.41, 5.74) is 0.672. The number of aromatic carboxylic acids is 1. The summed E-state index contributed by atoms with van der Waals surface area (Å²) in [5.74, 6) is -0.919. The number of methoxy groups -OCH3 is 1. The van der Waals surface area contributed by atoms with E-state index in [1.54, 1.807) is 18.2 Å². The number of halogens is 2. The van der Waals surface area contributed by atoms with Gasteiger partial charge in [0.15, 0.2) is 11.5 Å². The molecule has 0 spiro atoms. The smallest absolute Gasteiger partial charge is 0.387 e. The van der Waals surface area contributed by atoms with Crippen molar-refractivity contribution in [3.8, 4) is 11.5 Å². The molecule has 0 saturated heterocycles. The van der Waals surface area contributed by atoms with Gasteiger partial charge in [0.05, 0.1) is 13.3 Å². The Morgan fingerprint density at radius 3 is 2.73 bits per heavy atom. The minimum absolute atomic E-state index is 0.0583. The molecule has 1 heterocycles. The molecule has 0 aliphatic rings. The molecule has 2 aromatic rings. The normalized spacial score (nSPS) is 11.1. The highest BCUT2D eigenvalue weighted by molar-refractivity contribution is 7.14. The molecular weight excluding hydrogens is 316 g/mol. The monoisotopic (exact) mass is 327 g/mol. The van der Waals surface area contributed by atoms with Gasteiger partial charge in [0.2, 0.25) is 0 Å². The number of hydrogen-bond donors (Lipinski definition) is 1. The number of nitrogens with zero attached hydrogens (tertiary/aromatic N) is 1. The van der Waals surface area contributed by atoms with Crippen molar-refractivity contribution in [3.05, 3.63) is 39.8 Å². The van der Waals surface area contributed by atoms with Crippen molar-refractivity contribution in [1.82, 2.24) is 4.98 Å². The second kappa shape index (κ2) is 6.99. The summed E-state index contributed by atoms with van der Waals surface area (Å²) < 4.78 is 33.8. The molecule has 0 unspecified atom stereocenters. The van der Waals surface area contributed by atoms with E-state index in [-0.39, 0.29) is 16.4 Å². The fraction of sp³-hybridized carbons (Fsp3) is 0.143. The molecule has 0 amide bonds. The molecule has 0 bridgehead atoms. The van der Waals surface area contributed by atoms with E-state index in [0.29, 0.717) is 10.6 Å². The van der Waals surface area contributed by atoms with Gasteiger partial charge in [-0.25, -0.2) is 9.78 Å². The number of carboxylic acid groups (broad SMARTS) is 1. The Hall–Kier alpha value is -2.48. The molecule has 0 atom stereocenters. The topological polar surface area (TPSA) is 68.7 Å². The second-order valence-electron chi connectivity index (χ2n) is 3.99. The van der Waals surface area contributed by atoms with Crippen LogP contribution in [0.2, 0.25) is 0 Å². The van der Waals surface area contributed by atoms with Gasteiger partial charge in [-0.1, -0.05) is 12.1 Å². The number of aromatic nitrogens is 1. The van der Waals surface area contributed by atoms with Gasteiger partial charge in [-0.15, -0.1) is 11.3 Å². The number of hydrogen-bond acceptors (Lipinski definition) is 5. The predicted molar refractivity (Wildman–Crippen MR) is 77.6 cm³/mol. The van der Waals surface area contributed by atoms with Crippen LogP contribution in [-0.4, -0.2) is 29.8 Å². The van der Waals surface area contributed by atoms with E-state index in [9.17, 15) is 13.6 Å². The second-order valence-corrected chi connectivity index (χ2v) is 5.05. The molecular formula is C14H11F2NO4S. The summed E-state index contributed by atoms with van der Waals surface area (Å²) >= 11 is 1.03. The molecule has 0 saturated carbocycles. The van der Waals surface area contributed by atoms with Crippen molar-refractivity contribution in [3.63, 3.8) is 0 Å². The summed E-state index contributed by atoms with van der Waals surface area (Å²) in [4.78, 5) is 14.8. The first kappa shape index (κ1) is 15.9. The van der Waals surface area contributed by atoms with Crippen molar-refractivity contribution in [1.29, 1.82) is 0 Å². The van der Waals surface area contributed by atoms with Gasteiger partial charge >= 0.3 is 12.6 Å². The van der Waals surface area contributed by atoms with Crippen LogP contribution in [0.3, 0.4) is 0 Å². The van der Waals surface area contributed by atoms with Gasteiger partial charge in [0, 0.05) is 0 Å². The molecule has 0 aliphatic heterocycles. The zero-order valence-corrected chi connectivity index (χ0v) is 12.1. The summed E-state index contributed by atoms with van der Waals surface area (Å²) in [5, 5.41) is 9.33. The van der Waals surface area contributed by atoms with Crippen LogP contribution >= 0.6 is 11.3 Å². The molecule has 1 aromatic carbocycles. The van der Waals surface area contributed by atoms with Gasteiger partial charge < -0.3 is 14.6 Å². The van der Waals surface area contributed by atoms with Crippen LogP contribution < -0.4 is 9.47 Å². The van der Waals surface area contributed by atoms with Crippen molar-refractivity contribution >= 4 is 29.5 Å². The Morgan fingerprint density at radius 2 is 2.14 bits per heavy atom. The maximum atomic E-state index is 12.2. The summed E-state index contributed by atoms with van der Waals surface area (Å²) in [6.07, 6.45) is 4.56. The van der Waals surface area contributed by atoms with Crippen LogP contribution in [0.25, 0.3) is 12.2 Å². The molecule has 1 N–H and O–H groups in total. The van der Waals surface area contributed by atoms with Crippen molar-refractivity contribution in [2.24, 2.45) is 0 Å². The lowest BCUT2D eigenvalue weighted by Crippen LogP contribution is -2.03. The van der Waals surface area contributed by atoms with Crippen LogP contribution in [0.5, 0.6) is 11.5 Å². The average Bonchev–Trinajstić information content (AvgIpc) is 2.94. The highest BCUT2D eigenvalue weighted by Crippen LogP contribution is 2.30. The van der Waals surface area contributed by atoms with Crippen LogP contribution in [0, 0.1) is 0 Å². The van der Waals surface area contributed by atoms with Crippen molar-refractivity contribution < 1.29 is 28.2 Å². The van der Waals surface area contributed by atoms with Gasteiger partial charge in [0.25, 0.3) is 0 Å². The first-order chi connectivity index (χ1) is 10.5.